The minimum atomic E-state index is -0.543. The summed E-state index contributed by atoms with van der Waals surface area (Å²) in [7, 11) is 0. The van der Waals surface area contributed by atoms with Gasteiger partial charge in [-0.05, 0) is 25.0 Å². The minimum Gasteiger partial charge on any atom is -0.396 e. The van der Waals surface area contributed by atoms with Crippen molar-refractivity contribution >= 4 is 11.6 Å². The number of amides is 1. The number of anilines is 1. The van der Waals surface area contributed by atoms with E-state index < -0.39 is 5.82 Å². The molecular formula is C12H15FN2O. The first-order chi connectivity index (χ1) is 7.68. The SMILES string of the molecule is Nc1c(F)cccc1C(=O)NC1CCCC1. The van der Waals surface area contributed by atoms with Crippen molar-refractivity contribution in [3.05, 3.63) is 29.6 Å². The standard InChI is InChI=1S/C12H15FN2O/c13-10-7-3-6-9(11(10)14)12(16)15-8-4-1-2-5-8/h3,6-8H,1-2,4-5,14H2,(H,15,16). The van der Waals surface area contributed by atoms with Crippen molar-refractivity contribution in [1.29, 1.82) is 0 Å². The number of hydrogen-bond donors (Lipinski definition) is 2. The number of para-hydroxylation sites is 1. The molecule has 1 aromatic rings. The van der Waals surface area contributed by atoms with Crippen molar-refractivity contribution in [1.82, 2.24) is 5.32 Å². The number of nitrogens with two attached hydrogens (primary N) is 1. The summed E-state index contributed by atoms with van der Waals surface area (Å²) in [5, 5.41) is 2.88. The quantitative estimate of drug-likeness (QED) is 0.753. The Bertz CT molecular complexity index is 400. The summed E-state index contributed by atoms with van der Waals surface area (Å²) in [6.07, 6.45) is 4.29. The van der Waals surface area contributed by atoms with Gasteiger partial charge in [0.2, 0.25) is 0 Å². The molecule has 3 N–H and O–H groups in total. The van der Waals surface area contributed by atoms with E-state index in [-0.39, 0.29) is 23.2 Å². The number of hydrogen-bond acceptors (Lipinski definition) is 2. The Balaban J connectivity index is 2.11. The molecule has 1 saturated carbocycles. The highest BCUT2D eigenvalue weighted by atomic mass is 19.1. The summed E-state index contributed by atoms with van der Waals surface area (Å²) in [4.78, 5) is 11.8. The van der Waals surface area contributed by atoms with Gasteiger partial charge in [0, 0.05) is 6.04 Å². The second kappa shape index (κ2) is 4.51. The molecule has 4 heteroatoms. The van der Waals surface area contributed by atoms with Crippen LogP contribution in [0.3, 0.4) is 0 Å². The monoisotopic (exact) mass is 222 g/mol. The van der Waals surface area contributed by atoms with Gasteiger partial charge >= 0.3 is 0 Å². The highest BCUT2D eigenvalue weighted by molar-refractivity contribution is 5.99. The highest BCUT2D eigenvalue weighted by Gasteiger charge is 2.19. The molecule has 0 saturated heterocycles. The number of rotatable bonds is 2. The molecule has 1 aliphatic rings. The third-order valence-electron chi connectivity index (χ3n) is 2.99. The predicted molar refractivity (Wildman–Crippen MR) is 60.5 cm³/mol. The molecule has 3 nitrogen and oxygen atoms in total. The second-order valence-electron chi connectivity index (χ2n) is 4.16. The predicted octanol–water partition coefficient (Wildman–Crippen LogP) is 2.08. The van der Waals surface area contributed by atoms with Crippen molar-refractivity contribution in [3.8, 4) is 0 Å². The first-order valence-electron chi connectivity index (χ1n) is 5.53. The molecule has 0 unspecified atom stereocenters. The van der Waals surface area contributed by atoms with E-state index >= 15 is 0 Å². The van der Waals surface area contributed by atoms with Gasteiger partial charge in [-0.2, -0.15) is 0 Å². The molecular weight excluding hydrogens is 207 g/mol. The van der Waals surface area contributed by atoms with E-state index in [1.165, 1.54) is 12.1 Å². The molecule has 0 radical (unpaired) electrons. The van der Waals surface area contributed by atoms with Crippen LogP contribution in [0.25, 0.3) is 0 Å². The second-order valence-corrected chi connectivity index (χ2v) is 4.16. The zero-order valence-electron chi connectivity index (χ0n) is 9.00. The van der Waals surface area contributed by atoms with Crippen molar-refractivity contribution in [2.45, 2.75) is 31.7 Å². The van der Waals surface area contributed by atoms with Gasteiger partial charge in [-0.3, -0.25) is 4.79 Å². The van der Waals surface area contributed by atoms with E-state index in [0.29, 0.717) is 0 Å². The lowest BCUT2D eigenvalue weighted by Crippen LogP contribution is -2.33. The maximum Gasteiger partial charge on any atom is 0.253 e. The van der Waals surface area contributed by atoms with Crippen LogP contribution in [0, 0.1) is 5.82 Å². The summed E-state index contributed by atoms with van der Waals surface area (Å²) >= 11 is 0. The molecule has 0 bridgehead atoms. The summed E-state index contributed by atoms with van der Waals surface area (Å²) in [6.45, 7) is 0. The molecule has 86 valence electrons. The van der Waals surface area contributed by atoms with E-state index in [4.69, 9.17) is 5.73 Å². The Morgan fingerprint density at radius 1 is 1.38 bits per heavy atom. The highest BCUT2D eigenvalue weighted by Crippen LogP contribution is 2.20. The summed E-state index contributed by atoms with van der Waals surface area (Å²) in [5.41, 5.74) is 5.68. The Morgan fingerprint density at radius 3 is 2.75 bits per heavy atom. The Morgan fingerprint density at radius 2 is 2.06 bits per heavy atom. The van der Waals surface area contributed by atoms with Gasteiger partial charge in [-0.1, -0.05) is 18.9 Å². The van der Waals surface area contributed by atoms with E-state index in [9.17, 15) is 9.18 Å². The first-order valence-corrected chi connectivity index (χ1v) is 5.53. The van der Waals surface area contributed by atoms with Crippen molar-refractivity contribution < 1.29 is 9.18 Å². The maximum absolute atomic E-state index is 13.1. The number of nitrogens with one attached hydrogen (secondary N) is 1. The summed E-state index contributed by atoms with van der Waals surface area (Å²) in [5.74, 6) is -0.817. The van der Waals surface area contributed by atoms with Crippen LogP contribution >= 0.6 is 0 Å². The van der Waals surface area contributed by atoms with Gasteiger partial charge in [0.1, 0.15) is 5.82 Å². The average Bonchev–Trinajstić information content (AvgIpc) is 2.74. The average molecular weight is 222 g/mol. The van der Waals surface area contributed by atoms with Gasteiger partial charge in [-0.15, -0.1) is 0 Å². The zero-order chi connectivity index (χ0) is 11.5. The molecule has 1 aliphatic carbocycles. The third kappa shape index (κ3) is 2.15. The topological polar surface area (TPSA) is 55.1 Å². The van der Waals surface area contributed by atoms with Crippen LogP contribution in [-0.2, 0) is 0 Å². The Hall–Kier alpha value is -1.58. The van der Waals surface area contributed by atoms with Crippen LogP contribution in [-0.4, -0.2) is 11.9 Å². The van der Waals surface area contributed by atoms with Crippen LogP contribution in [0.15, 0.2) is 18.2 Å². The Kier molecular flexibility index (Phi) is 3.08. The molecule has 0 spiro atoms. The molecule has 0 aliphatic heterocycles. The van der Waals surface area contributed by atoms with E-state index in [1.807, 2.05) is 0 Å². The molecule has 1 amide bonds. The van der Waals surface area contributed by atoms with E-state index in [1.54, 1.807) is 6.07 Å². The summed E-state index contributed by atoms with van der Waals surface area (Å²) < 4.78 is 13.1. The van der Waals surface area contributed by atoms with Gasteiger partial charge in [0.05, 0.1) is 11.3 Å². The lowest BCUT2D eigenvalue weighted by molar-refractivity contribution is 0.0938. The number of nitrogen functional groups attached to an aromatic ring is 1. The Labute approximate surface area is 93.8 Å². The largest absolute Gasteiger partial charge is 0.396 e. The third-order valence-corrected chi connectivity index (χ3v) is 2.99. The first kappa shape index (κ1) is 10.9. The van der Waals surface area contributed by atoms with E-state index in [2.05, 4.69) is 5.32 Å². The van der Waals surface area contributed by atoms with Gasteiger partial charge < -0.3 is 11.1 Å². The van der Waals surface area contributed by atoms with Crippen molar-refractivity contribution in [2.75, 3.05) is 5.73 Å². The molecule has 0 atom stereocenters. The van der Waals surface area contributed by atoms with Crippen LogP contribution < -0.4 is 11.1 Å². The lowest BCUT2D eigenvalue weighted by Gasteiger charge is -2.13. The normalized spacial score (nSPS) is 16.3. The lowest BCUT2D eigenvalue weighted by atomic mass is 10.1. The van der Waals surface area contributed by atoms with Crippen LogP contribution in [0.4, 0.5) is 10.1 Å². The van der Waals surface area contributed by atoms with Gasteiger partial charge in [-0.25, -0.2) is 4.39 Å². The van der Waals surface area contributed by atoms with Gasteiger partial charge in [0.15, 0.2) is 0 Å². The molecule has 0 heterocycles. The van der Waals surface area contributed by atoms with Crippen LogP contribution in [0.1, 0.15) is 36.0 Å². The molecule has 16 heavy (non-hydrogen) atoms. The number of carbonyl (C=O) groups excluding carboxylic acids is 1. The number of benzene rings is 1. The smallest absolute Gasteiger partial charge is 0.253 e. The summed E-state index contributed by atoms with van der Waals surface area (Å²) in [6, 6.07) is 4.51. The van der Waals surface area contributed by atoms with Crippen molar-refractivity contribution in [3.63, 3.8) is 0 Å². The van der Waals surface area contributed by atoms with Crippen LogP contribution in [0.2, 0.25) is 0 Å². The van der Waals surface area contributed by atoms with Crippen molar-refractivity contribution in [2.24, 2.45) is 0 Å². The van der Waals surface area contributed by atoms with E-state index in [0.717, 1.165) is 25.7 Å². The fourth-order valence-corrected chi connectivity index (χ4v) is 2.07. The minimum absolute atomic E-state index is 0.0713. The number of carbonyl (C=O) groups is 1. The molecule has 2 rings (SSSR count). The molecule has 1 aromatic carbocycles. The fraction of sp³-hybridized carbons (Fsp3) is 0.417. The van der Waals surface area contributed by atoms with Crippen LogP contribution in [0.5, 0.6) is 0 Å². The maximum atomic E-state index is 13.1. The zero-order valence-corrected chi connectivity index (χ0v) is 9.00. The molecule has 1 fully saturated rings. The number of halogens is 1. The van der Waals surface area contributed by atoms with Gasteiger partial charge in [0.25, 0.3) is 5.91 Å². The fourth-order valence-electron chi connectivity index (χ4n) is 2.07. The molecule has 0 aromatic heterocycles.